The third-order valence-corrected chi connectivity index (χ3v) is 2.36. The van der Waals surface area contributed by atoms with E-state index in [0.717, 1.165) is 11.3 Å². The van der Waals surface area contributed by atoms with Crippen LogP contribution < -0.4 is 5.32 Å². The van der Waals surface area contributed by atoms with Gasteiger partial charge in [0.1, 0.15) is 5.65 Å². The van der Waals surface area contributed by atoms with E-state index in [4.69, 9.17) is 0 Å². The van der Waals surface area contributed by atoms with Crippen molar-refractivity contribution in [2.45, 2.75) is 27.2 Å². The molecule has 4 heteroatoms. The smallest absolute Gasteiger partial charge is 0.224 e. The van der Waals surface area contributed by atoms with Crippen molar-refractivity contribution in [2.24, 2.45) is 5.41 Å². The van der Waals surface area contributed by atoms with Gasteiger partial charge in [-0.2, -0.15) is 0 Å². The minimum Gasteiger partial charge on any atom is -0.325 e. The average molecular weight is 231 g/mol. The van der Waals surface area contributed by atoms with Crippen LogP contribution in [0.25, 0.3) is 5.65 Å². The normalized spacial score (nSPS) is 11.7. The fourth-order valence-electron chi connectivity index (χ4n) is 1.68. The van der Waals surface area contributed by atoms with Gasteiger partial charge >= 0.3 is 0 Å². The van der Waals surface area contributed by atoms with Gasteiger partial charge in [-0.1, -0.05) is 20.8 Å². The highest BCUT2D eigenvalue weighted by Crippen LogP contribution is 2.19. The summed E-state index contributed by atoms with van der Waals surface area (Å²) in [6, 6.07) is 3.75. The molecule has 2 aromatic heterocycles. The molecule has 2 aromatic rings. The number of pyridine rings is 1. The number of nitrogens with one attached hydrogen (secondary N) is 1. The molecule has 4 nitrogen and oxygen atoms in total. The van der Waals surface area contributed by atoms with Crippen LogP contribution in [0.2, 0.25) is 0 Å². The number of fused-ring (bicyclic) bond motifs is 1. The zero-order valence-corrected chi connectivity index (χ0v) is 10.4. The fraction of sp³-hybridized carbons (Fsp3) is 0.385. The van der Waals surface area contributed by atoms with Crippen LogP contribution in [0.15, 0.2) is 30.7 Å². The summed E-state index contributed by atoms with van der Waals surface area (Å²) >= 11 is 0. The zero-order chi connectivity index (χ0) is 12.5. The number of imidazole rings is 1. The molecular formula is C13H17N3O. The maximum Gasteiger partial charge on any atom is 0.224 e. The van der Waals surface area contributed by atoms with Gasteiger partial charge in [0.15, 0.2) is 0 Å². The fourth-order valence-corrected chi connectivity index (χ4v) is 1.68. The highest BCUT2D eigenvalue weighted by Gasteiger charge is 2.15. The Morgan fingerprint density at radius 2 is 2.18 bits per heavy atom. The average Bonchev–Trinajstić information content (AvgIpc) is 2.61. The number of rotatable bonds is 2. The van der Waals surface area contributed by atoms with Gasteiger partial charge in [-0.25, -0.2) is 4.98 Å². The molecule has 90 valence electrons. The molecule has 0 aliphatic rings. The molecule has 0 atom stereocenters. The van der Waals surface area contributed by atoms with Gasteiger partial charge in [-0.3, -0.25) is 4.79 Å². The third-order valence-electron chi connectivity index (χ3n) is 2.36. The number of carbonyl (C=O) groups is 1. The van der Waals surface area contributed by atoms with E-state index in [1.165, 1.54) is 0 Å². The number of nitrogens with zero attached hydrogens (tertiary/aromatic N) is 2. The van der Waals surface area contributed by atoms with Crippen LogP contribution in [0, 0.1) is 5.41 Å². The molecule has 2 rings (SSSR count). The second-order valence-electron chi connectivity index (χ2n) is 5.40. The summed E-state index contributed by atoms with van der Waals surface area (Å²) in [5.41, 5.74) is 1.67. The second kappa shape index (κ2) is 4.20. The van der Waals surface area contributed by atoms with Gasteiger partial charge in [0.2, 0.25) is 5.91 Å². The molecular weight excluding hydrogens is 214 g/mol. The lowest BCUT2D eigenvalue weighted by Crippen LogP contribution is -2.19. The van der Waals surface area contributed by atoms with Crippen molar-refractivity contribution in [1.82, 2.24) is 9.38 Å². The Balaban J connectivity index is 2.10. The molecule has 0 aliphatic carbocycles. The lowest BCUT2D eigenvalue weighted by atomic mass is 9.92. The molecule has 0 saturated carbocycles. The van der Waals surface area contributed by atoms with Crippen molar-refractivity contribution in [2.75, 3.05) is 5.32 Å². The van der Waals surface area contributed by atoms with Crippen molar-refractivity contribution in [1.29, 1.82) is 0 Å². The quantitative estimate of drug-likeness (QED) is 0.863. The molecule has 0 bridgehead atoms. The van der Waals surface area contributed by atoms with Crippen molar-refractivity contribution in [3.05, 3.63) is 30.7 Å². The molecule has 2 heterocycles. The second-order valence-corrected chi connectivity index (χ2v) is 5.40. The molecule has 1 N–H and O–H groups in total. The van der Waals surface area contributed by atoms with Crippen LogP contribution in [0.4, 0.5) is 5.69 Å². The number of carbonyl (C=O) groups excluding carboxylic acids is 1. The van der Waals surface area contributed by atoms with Gasteiger partial charge < -0.3 is 9.72 Å². The minimum atomic E-state index is 0.00316. The summed E-state index contributed by atoms with van der Waals surface area (Å²) in [6.07, 6.45) is 5.96. The van der Waals surface area contributed by atoms with Crippen LogP contribution in [0.1, 0.15) is 27.2 Å². The van der Waals surface area contributed by atoms with Crippen LogP contribution in [-0.4, -0.2) is 15.3 Å². The summed E-state index contributed by atoms with van der Waals surface area (Å²) in [5, 5.41) is 2.89. The van der Waals surface area contributed by atoms with E-state index in [1.54, 1.807) is 6.20 Å². The SMILES string of the molecule is CC(C)(C)CC(=O)Nc1ccc2nccn2c1. The van der Waals surface area contributed by atoms with E-state index in [0.29, 0.717) is 6.42 Å². The number of anilines is 1. The number of aromatic nitrogens is 2. The maximum atomic E-state index is 11.8. The van der Waals surface area contributed by atoms with Gasteiger partial charge in [-0.05, 0) is 17.5 Å². The van der Waals surface area contributed by atoms with Gasteiger partial charge in [-0.15, -0.1) is 0 Å². The van der Waals surface area contributed by atoms with Gasteiger partial charge in [0.05, 0.1) is 5.69 Å². The predicted molar refractivity (Wildman–Crippen MR) is 67.9 cm³/mol. The third kappa shape index (κ3) is 3.06. The Morgan fingerprint density at radius 3 is 2.88 bits per heavy atom. The lowest BCUT2D eigenvalue weighted by Gasteiger charge is -2.17. The first kappa shape index (κ1) is 11.6. The highest BCUT2D eigenvalue weighted by molar-refractivity contribution is 5.91. The Hall–Kier alpha value is -1.84. The highest BCUT2D eigenvalue weighted by atomic mass is 16.1. The van der Waals surface area contributed by atoms with Crippen molar-refractivity contribution < 1.29 is 4.79 Å². The molecule has 0 radical (unpaired) electrons. The summed E-state index contributed by atoms with van der Waals surface area (Å²) in [6.45, 7) is 6.14. The molecule has 1 amide bonds. The first-order valence-corrected chi connectivity index (χ1v) is 5.67. The first-order chi connectivity index (χ1) is 7.94. The monoisotopic (exact) mass is 231 g/mol. The van der Waals surface area contributed by atoms with E-state index >= 15 is 0 Å². The van der Waals surface area contributed by atoms with Crippen LogP contribution in [0.3, 0.4) is 0 Å². The van der Waals surface area contributed by atoms with E-state index in [1.807, 2.05) is 49.7 Å². The Labute approximate surface area is 101 Å². The topological polar surface area (TPSA) is 46.4 Å². The summed E-state index contributed by atoms with van der Waals surface area (Å²) in [4.78, 5) is 15.9. The molecule has 0 unspecified atom stereocenters. The van der Waals surface area contributed by atoms with Crippen molar-refractivity contribution in [3.8, 4) is 0 Å². The Morgan fingerprint density at radius 1 is 1.41 bits per heavy atom. The van der Waals surface area contributed by atoms with E-state index in [9.17, 15) is 4.79 Å². The minimum absolute atomic E-state index is 0.00316. The van der Waals surface area contributed by atoms with E-state index < -0.39 is 0 Å². The number of hydrogen-bond donors (Lipinski definition) is 1. The Bertz CT molecular complexity index is 537. The van der Waals surface area contributed by atoms with Crippen LogP contribution in [-0.2, 0) is 4.79 Å². The molecule has 0 aromatic carbocycles. The van der Waals surface area contributed by atoms with Gasteiger partial charge in [0.25, 0.3) is 0 Å². The zero-order valence-electron chi connectivity index (χ0n) is 10.4. The maximum absolute atomic E-state index is 11.8. The first-order valence-electron chi connectivity index (χ1n) is 5.67. The molecule has 0 spiro atoms. The summed E-state index contributed by atoms with van der Waals surface area (Å²) in [5.74, 6) is 0.0389. The molecule has 0 aliphatic heterocycles. The number of hydrogen-bond acceptors (Lipinski definition) is 2. The lowest BCUT2D eigenvalue weighted by molar-refractivity contribution is -0.117. The molecule has 17 heavy (non-hydrogen) atoms. The predicted octanol–water partition coefficient (Wildman–Crippen LogP) is 2.71. The van der Waals surface area contributed by atoms with E-state index in [2.05, 4.69) is 10.3 Å². The van der Waals surface area contributed by atoms with Crippen LogP contribution >= 0.6 is 0 Å². The number of amides is 1. The van der Waals surface area contributed by atoms with Crippen molar-refractivity contribution >= 4 is 17.2 Å². The molecule has 0 saturated heterocycles. The van der Waals surface area contributed by atoms with Crippen molar-refractivity contribution in [3.63, 3.8) is 0 Å². The Kier molecular flexibility index (Phi) is 2.88. The summed E-state index contributed by atoms with van der Waals surface area (Å²) < 4.78 is 1.88. The standard InChI is InChI=1S/C13H17N3O/c1-13(2,3)8-12(17)15-10-4-5-11-14-6-7-16(11)9-10/h4-7,9H,8H2,1-3H3,(H,15,17). The van der Waals surface area contributed by atoms with E-state index in [-0.39, 0.29) is 11.3 Å². The molecule has 0 fully saturated rings. The largest absolute Gasteiger partial charge is 0.325 e. The van der Waals surface area contributed by atoms with Gasteiger partial charge in [0, 0.05) is 25.0 Å². The summed E-state index contributed by atoms with van der Waals surface area (Å²) in [7, 11) is 0. The van der Waals surface area contributed by atoms with Crippen LogP contribution in [0.5, 0.6) is 0 Å².